The van der Waals surface area contributed by atoms with Gasteiger partial charge in [0.15, 0.2) is 5.78 Å². The Hall–Kier alpha value is -2.30. The largest absolute Gasteiger partial charge is 0.508 e. The number of Topliss-reactive ketones (excluding diaryl/α,β-unsaturated/α-hetero) is 1. The van der Waals surface area contributed by atoms with Gasteiger partial charge < -0.3 is 14.7 Å². The summed E-state index contributed by atoms with van der Waals surface area (Å²) in [6, 6.07) is 13.7. The maximum absolute atomic E-state index is 13.3. The number of aromatic hydroxyl groups is 1. The van der Waals surface area contributed by atoms with Crippen LogP contribution in [-0.2, 0) is 11.2 Å². The number of allylic oxidation sites excluding steroid dienone is 2. The van der Waals surface area contributed by atoms with E-state index < -0.39 is 0 Å². The molecule has 2 aromatic carbocycles. The zero-order valence-corrected chi connectivity index (χ0v) is 21.5. The minimum Gasteiger partial charge on any atom is -0.508 e. The van der Waals surface area contributed by atoms with E-state index in [1.165, 1.54) is 11.1 Å². The summed E-state index contributed by atoms with van der Waals surface area (Å²) in [5.41, 5.74) is 5.37. The molecule has 2 aromatic rings. The number of ether oxygens (including phenoxy) is 1. The van der Waals surface area contributed by atoms with Crippen LogP contribution in [0.1, 0.15) is 69.6 Å². The Morgan fingerprint density at radius 2 is 1.79 bits per heavy atom. The number of likely N-dealkylation sites (N-methyl/N-ethyl adjacent to an activating group) is 1. The summed E-state index contributed by atoms with van der Waals surface area (Å²) in [4.78, 5) is 15.6. The van der Waals surface area contributed by atoms with E-state index >= 15 is 0 Å². The molecule has 0 amide bonds. The van der Waals surface area contributed by atoms with E-state index in [0.29, 0.717) is 18.8 Å². The Kier molecular flexibility index (Phi) is 8.83. The minimum atomic E-state index is -0.00564. The van der Waals surface area contributed by atoms with E-state index in [1.54, 1.807) is 6.07 Å². The van der Waals surface area contributed by atoms with Crippen LogP contribution in [0.5, 0.6) is 11.5 Å². The SMILES string of the molecule is CCCCC12CCC(=O)C(c3ccc(OCCN(CC)CC)cc3)=C1c1ccc(O)cc1C2.Cl. The molecule has 0 spiro atoms. The molecule has 0 heterocycles. The molecular formula is C29H38ClNO3. The fraction of sp³-hybridized carbons (Fsp3) is 0.483. The molecule has 0 aliphatic heterocycles. The van der Waals surface area contributed by atoms with Gasteiger partial charge in [-0.25, -0.2) is 0 Å². The third kappa shape index (κ3) is 5.18. The van der Waals surface area contributed by atoms with Crippen molar-refractivity contribution in [2.24, 2.45) is 5.41 Å². The van der Waals surface area contributed by atoms with E-state index in [4.69, 9.17) is 4.74 Å². The van der Waals surface area contributed by atoms with Gasteiger partial charge in [0.1, 0.15) is 18.1 Å². The third-order valence-corrected chi connectivity index (χ3v) is 7.50. The molecule has 0 saturated heterocycles. The number of hydrogen-bond acceptors (Lipinski definition) is 4. The first-order valence-corrected chi connectivity index (χ1v) is 12.6. The summed E-state index contributed by atoms with van der Waals surface area (Å²) in [6.07, 6.45) is 5.76. The Morgan fingerprint density at radius 1 is 1.06 bits per heavy atom. The molecule has 0 radical (unpaired) electrons. The van der Waals surface area contributed by atoms with Crippen LogP contribution >= 0.6 is 12.4 Å². The molecule has 4 nitrogen and oxygen atoms in total. The molecule has 2 aliphatic carbocycles. The van der Waals surface area contributed by atoms with Gasteiger partial charge in [0, 0.05) is 24.0 Å². The van der Waals surface area contributed by atoms with Gasteiger partial charge in [-0.3, -0.25) is 4.79 Å². The number of fused-ring (bicyclic) bond motifs is 3. The van der Waals surface area contributed by atoms with Gasteiger partial charge in [-0.15, -0.1) is 12.4 Å². The summed E-state index contributed by atoms with van der Waals surface area (Å²) in [5, 5.41) is 10.1. The summed E-state index contributed by atoms with van der Waals surface area (Å²) in [7, 11) is 0. The van der Waals surface area contributed by atoms with Gasteiger partial charge in [-0.1, -0.05) is 51.8 Å². The molecule has 34 heavy (non-hydrogen) atoms. The normalized spacial score (nSPS) is 19.1. The maximum Gasteiger partial charge on any atom is 0.163 e. The predicted molar refractivity (Wildman–Crippen MR) is 142 cm³/mol. The summed E-state index contributed by atoms with van der Waals surface area (Å²) in [6.45, 7) is 10.2. The van der Waals surface area contributed by atoms with Crippen LogP contribution in [0.25, 0.3) is 11.1 Å². The molecule has 0 saturated carbocycles. The first-order valence-electron chi connectivity index (χ1n) is 12.6. The fourth-order valence-electron chi connectivity index (χ4n) is 5.65. The molecule has 184 valence electrons. The van der Waals surface area contributed by atoms with Gasteiger partial charge in [0.2, 0.25) is 0 Å². The monoisotopic (exact) mass is 483 g/mol. The number of benzene rings is 2. The van der Waals surface area contributed by atoms with Gasteiger partial charge in [0.25, 0.3) is 0 Å². The number of carbonyl (C=O) groups excluding carboxylic acids is 1. The zero-order chi connectivity index (χ0) is 23.4. The minimum absolute atomic E-state index is 0. The second-order valence-electron chi connectivity index (χ2n) is 9.48. The number of ketones is 1. The molecule has 4 rings (SSSR count). The highest BCUT2D eigenvalue weighted by molar-refractivity contribution is 6.30. The summed E-state index contributed by atoms with van der Waals surface area (Å²) >= 11 is 0. The van der Waals surface area contributed by atoms with E-state index in [9.17, 15) is 9.90 Å². The first kappa shape index (κ1) is 26.3. The number of phenols is 1. The van der Waals surface area contributed by atoms with Crippen LogP contribution in [0.3, 0.4) is 0 Å². The van der Waals surface area contributed by atoms with E-state index in [0.717, 1.165) is 74.2 Å². The van der Waals surface area contributed by atoms with Crippen molar-refractivity contribution in [3.05, 3.63) is 59.2 Å². The molecule has 0 bridgehead atoms. The molecular weight excluding hydrogens is 446 g/mol. The van der Waals surface area contributed by atoms with Crippen LogP contribution < -0.4 is 4.74 Å². The Morgan fingerprint density at radius 3 is 2.47 bits per heavy atom. The Labute approximate surface area is 210 Å². The average Bonchev–Trinajstić information content (AvgIpc) is 3.15. The van der Waals surface area contributed by atoms with Gasteiger partial charge in [0.05, 0.1) is 0 Å². The van der Waals surface area contributed by atoms with Crippen molar-refractivity contribution in [2.75, 3.05) is 26.2 Å². The third-order valence-electron chi connectivity index (χ3n) is 7.50. The number of hydrogen-bond donors (Lipinski definition) is 1. The van der Waals surface area contributed by atoms with Crippen LogP contribution in [0.2, 0.25) is 0 Å². The lowest BCUT2D eigenvalue weighted by atomic mass is 9.66. The molecule has 2 aliphatic rings. The number of nitrogens with zero attached hydrogens (tertiary/aromatic N) is 1. The van der Waals surface area contributed by atoms with Crippen molar-refractivity contribution >= 4 is 29.3 Å². The molecule has 1 N–H and O–H groups in total. The van der Waals surface area contributed by atoms with Crippen molar-refractivity contribution in [2.45, 2.75) is 59.3 Å². The van der Waals surface area contributed by atoms with Crippen molar-refractivity contribution < 1.29 is 14.6 Å². The number of carbonyl (C=O) groups is 1. The molecule has 5 heteroatoms. The molecule has 1 unspecified atom stereocenters. The standard InChI is InChI=1S/C29H37NO3.ClH/c1-4-7-15-29-16-14-26(32)27(28(29)25-13-10-23(31)19-22(25)20-29)21-8-11-24(12-9-21)33-18-17-30(5-2)6-3;/h8-13,19,31H,4-7,14-18,20H2,1-3H3;1H. The highest BCUT2D eigenvalue weighted by Gasteiger charge is 2.46. The van der Waals surface area contributed by atoms with Crippen LogP contribution in [0.4, 0.5) is 0 Å². The zero-order valence-electron chi connectivity index (χ0n) is 20.7. The maximum atomic E-state index is 13.3. The average molecular weight is 484 g/mol. The van der Waals surface area contributed by atoms with Crippen molar-refractivity contribution in [1.82, 2.24) is 4.90 Å². The first-order chi connectivity index (χ1) is 16.0. The molecule has 0 aromatic heterocycles. The second kappa shape index (κ2) is 11.4. The number of unbranched alkanes of at least 4 members (excludes halogenated alkanes) is 1. The van der Waals surface area contributed by atoms with Crippen LogP contribution in [0, 0.1) is 5.41 Å². The highest BCUT2D eigenvalue weighted by Crippen LogP contribution is 2.58. The lowest BCUT2D eigenvalue weighted by Gasteiger charge is -2.36. The summed E-state index contributed by atoms with van der Waals surface area (Å²) in [5.74, 6) is 1.37. The van der Waals surface area contributed by atoms with E-state index in [1.807, 2.05) is 36.4 Å². The number of halogens is 1. The van der Waals surface area contributed by atoms with Crippen LogP contribution in [-0.4, -0.2) is 42.0 Å². The van der Waals surface area contributed by atoms with Crippen LogP contribution in [0.15, 0.2) is 42.5 Å². The molecule has 0 fully saturated rings. The van der Waals surface area contributed by atoms with Gasteiger partial charge >= 0.3 is 0 Å². The quantitative estimate of drug-likeness (QED) is 0.416. The Balaban J connectivity index is 0.00000324. The van der Waals surface area contributed by atoms with E-state index in [2.05, 4.69) is 25.7 Å². The van der Waals surface area contributed by atoms with E-state index in [-0.39, 0.29) is 23.6 Å². The Bertz CT molecular complexity index is 1030. The van der Waals surface area contributed by atoms with Gasteiger partial charge in [-0.05, 0) is 78.9 Å². The smallest absolute Gasteiger partial charge is 0.163 e. The van der Waals surface area contributed by atoms with Crippen molar-refractivity contribution in [1.29, 1.82) is 0 Å². The second-order valence-corrected chi connectivity index (χ2v) is 9.48. The molecule has 1 atom stereocenters. The summed E-state index contributed by atoms with van der Waals surface area (Å²) < 4.78 is 5.97. The highest BCUT2D eigenvalue weighted by atomic mass is 35.5. The fourth-order valence-corrected chi connectivity index (χ4v) is 5.65. The van der Waals surface area contributed by atoms with Gasteiger partial charge in [-0.2, -0.15) is 0 Å². The van der Waals surface area contributed by atoms with Crippen molar-refractivity contribution in [3.8, 4) is 11.5 Å². The number of phenolic OH excluding ortho intramolecular Hbond substituents is 1. The lowest BCUT2D eigenvalue weighted by Crippen LogP contribution is -2.28. The predicted octanol–water partition coefficient (Wildman–Crippen LogP) is 6.54. The van der Waals surface area contributed by atoms with Crippen molar-refractivity contribution in [3.63, 3.8) is 0 Å². The lowest BCUT2D eigenvalue weighted by molar-refractivity contribution is -0.114. The number of rotatable bonds is 10. The topological polar surface area (TPSA) is 49.8 Å².